The van der Waals surface area contributed by atoms with Crippen molar-refractivity contribution < 1.29 is 14.3 Å². The largest absolute Gasteiger partial charge is 0.413 e. The van der Waals surface area contributed by atoms with Gasteiger partial charge in [-0.05, 0) is 37.0 Å². The number of carbonyl (C=O) groups excluding carboxylic acids is 2. The standard InChI is InChI=1S/C24H21ClN8O3/c1-32-17-6-14(25)4-5-15(17)20(31-32)16-8-27-22-21(29-16)18(9-28-22)36-24(35)30-19(13-2-3-13)23(34)33-10-12(7-26)11-33/h4-6,8-9,12-13,19H,2-3,10-11H2,1H3,(H,27,28)(H,30,35)/t19-/m1/s1. The van der Waals surface area contributed by atoms with E-state index in [1.165, 1.54) is 6.20 Å². The molecule has 3 aromatic heterocycles. The van der Waals surface area contributed by atoms with E-state index in [9.17, 15) is 9.59 Å². The summed E-state index contributed by atoms with van der Waals surface area (Å²) >= 11 is 6.14. The molecular formula is C24H21ClN8O3. The maximum Gasteiger partial charge on any atom is 0.413 e. The molecule has 11 nitrogen and oxygen atoms in total. The summed E-state index contributed by atoms with van der Waals surface area (Å²) in [5, 5.41) is 17.7. The van der Waals surface area contributed by atoms with Crippen molar-refractivity contribution in [2.75, 3.05) is 13.1 Å². The number of fused-ring (bicyclic) bond motifs is 2. The number of likely N-dealkylation sites (tertiary alicyclic amines) is 1. The predicted octanol–water partition coefficient (Wildman–Crippen LogP) is 3.01. The maximum absolute atomic E-state index is 12.9. The number of aromatic amines is 1. The average molecular weight is 505 g/mol. The van der Waals surface area contributed by atoms with Crippen LogP contribution in [-0.4, -0.2) is 60.8 Å². The molecule has 0 spiro atoms. The predicted molar refractivity (Wildman–Crippen MR) is 130 cm³/mol. The molecule has 6 rings (SSSR count). The molecule has 1 aliphatic heterocycles. The Morgan fingerprint density at radius 2 is 2.14 bits per heavy atom. The Morgan fingerprint density at radius 1 is 1.33 bits per heavy atom. The molecule has 1 saturated carbocycles. The molecule has 4 aromatic rings. The number of aromatic nitrogens is 5. The first-order chi connectivity index (χ1) is 17.4. The van der Waals surface area contributed by atoms with Crippen LogP contribution >= 0.6 is 11.6 Å². The summed E-state index contributed by atoms with van der Waals surface area (Å²) in [6.45, 7) is 0.787. The third-order valence-electron chi connectivity index (χ3n) is 6.61. The number of nitrogens with zero attached hydrogens (tertiary/aromatic N) is 6. The van der Waals surface area contributed by atoms with Crippen molar-refractivity contribution in [2.45, 2.75) is 18.9 Å². The van der Waals surface area contributed by atoms with Crippen molar-refractivity contribution in [2.24, 2.45) is 18.9 Å². The Morgan fingerprint density at radius 3 is 2.89 bits per heavy atom. The number of aryl methyl sites for hydroxylation is 1. The van der Waals surface area contributed by atoms with Crippen molar-refractivity contribution in [1.29, 1.82) is 5.26 Å². The Labute approximate surface area is 210 Å². The molecule has 1 aliphatic carbocycles. The van der Waals surface area contributed by atoms with Gasteiger partial charge in [-0.3, -0.25) is 9.48 Å². The van der Waals surface area contributed by atoms with Gasteiger partial charge in [-0.2, -0.15) is 10.4 Å². The van der Waals surface area contributed by atoms with Gasteiger partial charge >= 0.3 is 6.09 Å². The minimum absolute atomic E-state index is 0.0755. The molecule has 1 aromatic carbocycles. The molecule has 1 saturated heterocycles. The monoisotopic (exact) mass is 504 g/mol. The summed E-state index contributed by atoms with van der Waals surface area (Å²) in [5.74, 6) is -0.0563. The van der Waals surface area contributed by atoms with Gasteiger partial charge in [-0.1, -0.05) is 11.6 Å². The van der Waals surface area contributed by atoms with Crippen molar-refractivity contribution in [1.82, 2.24) is 34.9 Å². The van der Waals surface area contributed by atoms with Crippen molar-refractivity contribution >= 4 is 45.7 Å². The maximum atomic E-state index is 12.9. The number of amides is 2. The van der Waals surface area contributed by atoms with Crippen molar-refractivity contribution in [3.8, 4) is 23.2 Å². The van der Waals surface area contributed by atoms with E-state index in [1.54, 1.807) is 21.8 Å². The SMILES string of the molecule is Cn1nc(-c2cnc3[nH]cc(OC(=O)N[C@@H](C(=O)N4CC(C#N)C4)C4CC4)c3n2)c2ccc(Cl)cc21. The molecule has 2 fully saturated rings. The molecule has 182 valence electrons. The summed E-state index contributed by atoms with van der Waals surface area (Å²) < 4.78 is 7.27. The van der Waals surface area contributed by atoms with Crippen LogP contribution in [0.3, 0.4) is 0 Å². The van der Waals surface area contributed by atoms with Crippen LogP contribution < -0.4 is 10.1 Å². The van der Waals surface area contributed by atoms with Crippen molar-refractivity contribution in [3.05, 3.63) is 35.6 Å². The fourth-order valence-corrected chi connectivity index (χ4v) is 4.65. The van der Waals surface area contributed by atoms with Crippen LogP contribution in [0.15, 0.2) is 30.6 Å². The lowest BCUT2D eigenvalue weighted by Gasteiger charge is -2.37. The second kappa shape index (κ2) is 8.49. The molecule has 1 atom stereocenters. The first-order valence-electron chi connectivity index (χ1n) is 11.5. The quantitative estimate of drug-likeness (QED) is 0.425. The number of nitrogens with one attached hydrogen (secondary N) is 2. The van der Waals surface area contributed by atoms with E-state index in [2.05, 4.69) is 31.4 Å². The molecule has 0 bridgehead atoms. The Hall–Kier alpha value is -4.17. The summed E-state index contributed by atoms with van der Waals surface area (Å²) in [5.41, 5.74) is 2.80. The number of halogens is 1. The molecule has 4 heterocycles. The van der Waals surface area contributed by atoms with E-state index in [0.717, 1.165) is 23.7 Å². The van der Waals surface area contributed by atoms with Gasteiger partial charge in [0.2, 0.25) is 5.91 Å². The van der Waals surface area contributed by atoms with E-state index in [-0.39, 0.29) is 23.5 Å². The summed E-state index contributed by atoms with van der Waals surface area (Å²) in [6, 6.07) is 6.97. The Bertz CT molecular complexity index is 1560. The number of ether oxygens (including phenoxy) is 1. The number of benzene rings is 1. The third-order valence-corrected chi connectivity index (χ3v) is 6.85. The van der Waals surface area contributed by atoms with Gasteiger partial charge in [-0.25, -0.2) is 14.8 Å². The number of carbonyl (C=O) groups is 2. The number of hydrogen-bond donors (Lipinski definition) is 2. The zero-order chi connectivity index (χ0) is 25.0. The Kier molecular flexibility index (Phi) is 5.26. The van der Waals surface area contributed by atoms with E-state index in [1.807, 2.05) is 19.2 Å². The van der Waals surface area contributed by atoms with Gasteiger partial charge in [0.05, 0.1) is 23.7 Å². The van der Waals surface area contributed by atoms with E-state index >= 15 is 0 Å². The second-order valence-electron chi connectivity index (χ2n) is 9.16. The highest BCUT2D eigenvalue weighted by Crippen LogP contribution is 2.35. The number of rotatable bonds is 5. The topological polar surface area (TPSA) is 142 Å². The van der Waals surface area contributed by atoms with Gasteiger partial charge in [0.1, 0.15) is 17.4 Å². The molecule has 36 heavy (non-hydrogen) atoms. The first-order valence-corrected chi connectivity index (χ1v) is 11.9. The highest BCUT2D eigenvalue weighted by molar-refractivity contribution is 6.31. The lowest BCUT2D eigenvalue weighted by atomic mass is 10.00. The fourth-order valence-electron chi connectivity index (χ4n) is 4.48. The highest BCUT2D eigenvalue weighted by Gasteiger charge is 2.43. The highest BCUT2D eigenvalue weighted by atomic mass is 35.5. The molecule has 2 amide bonds. The zero-order valence-electron chi connectivity index (χ0n) is 19.2. The summed E-state index contributed by atoms with van der Waals surface area (Å²) in [4.78, 5) is 39.2. The lowest BCUT2D eigenvalue weighted by Crippen LogP contribution is -2.57. The first kappa shape index (κ1) is 22.3. The summed E-state index contributed by atoms with van der Waals surface area (Å²) in [7, 11) is 1.82. The third kappa shape index (κ3) is 3.89. The van der Waals surface area contributed by atoms with Gasteiger partial charge in [-0.15, -0.1) is 0 Å². The number of H-pyrrole nitrogens is 1. The molecular weight excluding hydrogens is 484 g/mol. The number of nitriles is 1. The molecule has 2 aliphatic rings. The van der Waals surface area contributed by atoms with E-state index in [4.69, 9.17) is 21.6 Å². The second-order valence-corrected chi connectivity index (χ2v) is 9.59. The number of hydrogen-bond acceptors (Lipinski definition) is 7. The van der Waals surface area contributed by atoms with Crippen LogP contribution in [0.1, 0.15) is 12.8 Å². The van der Waals surface area contributed by atoms with Crippen LogP contribution in [0.5, 0.6) is 5.75 Å². The lowest BCUT2D eigenvalue weighted by molar-refractivity contribution is -0.138. The normalized spacial score (nSPS) is 16.5. The van der Waals surface area contributed by atoms with E-state index in [0.29, 0.717) is 40.7 Å². The molecule has 2 N–H and O–H groups in total. The van der Waals surface area contributed by atoms with Crippen LogP contribution in [0.2, 0.25) is 5.02 Å². The molecule has 0 unspecified atom stereocenters. The Balaban J connectivity index is 1.23. The average Bonchev–Trinajstić information content (AvgIpc) is 3.53. The van der Waals surface area contributed by atoms with Gasteiger partial charge < -0.3 is 19.9 Å². The van der Waals surface area contributed by atoms with Gasteiger partial charge in [0.25, 0.3) is 0 Å². The molecule has 0 radical (unpaired) electrons. The van der Waals surface area contributed by atoms with Crippen LogP contribution in [-0.2, 0) is 11.8 Å². The minimum atomic E-state index is -0.747. The smallest absolute Gasteiger partial charge is 0.406 e. The molecule has 12 heteroatoms. The van der Waals surface area contributed by atoms with Gasteiger partial charge in [0.15, 0.2) is 16.9 Å². The van der Waals surface area contributed by atoms with Gasteiger partial charge in [0, 0.05) is 36.7 Å². The van der Waals surface area contributed by atoms with E-state index < -0.39 is 12.1 Å². The minimum Gasteiger partial charge on any atom is -0.406 e. The van der Waals surface area contributed by atoms with Crippen LogP contribution in [0.25, 0.3) is 33.5 Å². The summed E-state index contributed by atoms with van der Waals surface area (Å²) in [6.07, 6.45) is 4.08. The van der Waals surface area contributed by atoms with Crippen LogP contribution in [0.4, 0.5) is 4.79 Å². The van der Waals surface area contributed by atoms with Crippen LogP contribution in [0, 0.1) is 23.2 Å². The van der Waals surface area contributed by atoms with Crippen molar-refractivity contribution in [3.63, 3.8) is 0 Å². The zero-order valence-corrected chi connectivity index (χ0v) is 20.0. The fraction of sp³-hybridized carbons (Fsp3) is 0.333.